The summed E-state index contributed by atoms with van der Waals surface area (Å²) in [5.41, 5.74) is 0. The van der Waals surface area contributed by atoms with Crippen molar-refractivity contribution in [2.24, 2.45) is 5.92 Å². The molecule has 0 aromatic carbocycles. The average Bonchev–Trinajstić information content (AvgIpc) is 3.24. The fourth-order valence-corrected chi connectivity index (χ4v) is 4.72. The molecule has 2 unspecified atom stereocenters. The van der Waals surface area contributed by atoms with Crippen molar-refractivity contribution in [3.05, 3.63) is 29.2 Å². The van der Waals surface area contributed by atoms with Gasteiger partial charge >= 0.3 is 0 Å². The zero-order valence-electron chi connectivity index (χ0n) is 12.9. The van der Waals surface area contributed by atoms with Crippen LogP contribution < -0.4 is 0 Å². The van der Waals surface area contributed by atoms with Gasteiger partial charge in [0.1, 0.15) is 17.7 Å². The monoisotopic (exact) mass is 318 g/mol. The Bertz CT molecular complexity index is 581. The highest BCUT2D eigenvalue weighted by Gasteiger charge is 2.41. The molecule has 0 bridgehead atoms. The average molecular weight is 318 g/mol. The molecule has 2 aliphatic heterocycles. The second kappa shape index (κ2) is 6.06. The Morgan fingerprint density at radius 1 is 1.41 bits per heavy atom. The van der Waals surface area contributed by atoms with Gasteiger partial charge in [0, 0.05) is 36.8 Å². The number of piperidine rings is 1. The summed E-state index contributed by atoms with van der Waals surface area (Å²) in [5.74, 6) is 0.771. The predicted molar refractivity (Wildman–Crippen MR) is 85.5 cm³/mol. The van der Waals surface area contributed by atoms with Crippen LogP contribution in [0.15, 0.2) is 24.2 Å². The van der Waals surface area contributed by atoms with Crippen LogP contribution in [0.5, 0.6) is 0 Å². The van der Waals surface area contributed by atoms with Crippen LogP contribution in [0.4, 0.5) is 0 Å². The molecule has 22 heavy (non-hydrogen) atoms. The summed E-state index contributed by atoms with van der Waals surface area (Å²) in [4.78, 5) is 13.6. The number of nitrogens with zero attached hydrogens (tertiary/aromatic N) is 6. The van der Waals surface area contributed by atoms with Crippen molar-refractivity contribution in [2.75, 3.05) is 20.1 Å². The number of hydrogen-bond donors (Lipinski definition) is 0. The van der Waals surface area contributed by atoms with E-state index in [9.17, 15) is 0 Å². The molecule has 2 aliphatic rings. The Balaban J connectivity index is 1.38. The van der Waals surface area contributed by atoms with E-state index in [-0.39, 0.29) is 0 Å². The summed E-state index contributed by atoms with van der Waals surface area (Å²) >= 11 is 1.76. The van der Waals surface area contributed by atoms with Crippen LogP contribution in [0.25, 0.3) is 0 Å². The minimum absolute atomic E-state index is 0.580. The molecule has 3 atom stereocenters. The number of aromatic nitrogens is 4. The smallest absolute Gasteiger partial charge is 0.137 e. The Hall–Kier alpha value is -1.31. The number of likely N-dealkylation sites (tertiary alicyclic amines) is 2. The van der Waals surface area contributed by atoms with E-state index in [1.165, 1.54) is 30.9 Å². The van der Waals surface area contributed by atoms with E-state index < -0.39 is 0 Å². The molecule has 2 aromatic rings. The fraction of sp³-hybridized carbons (Fsp3) is 0.667. The maximum Gasteiger partial charge on any atom is 0.137 e. The quantitative estimate of drug-likeness (QED) is 0.851. The van der Waals surface area contributed by atoms with Crippen LogP contribution in [0.3, 0.4) is 0 Å². The van der Waals surface area contributed by atoms with Crippen LogP contribution >= 0.6 is 11.3 Å². The molecule has 2 saturated heterocycles. The van der Waals surface area contributed by atoms with Crippen LogP contribution in [-0.2, 0) is 13.1 Å². The molecule has 4 rings (SSSR count). The number of likely N-dealkylation sites (N-methyl/N-ethyl adjacent to an activating group) is 1. The van der Waals surface area contributed by atoms with Gasteiger partial charge in [0.2, 0.25) is 0 Å². The van der Waals surface area contributed by atoms with E-state index in [2.05, 4.69) is 37.3 Å². The van der Waals surface area contributed by atoms with Crippen molar-refractivity contribution < 1.29 is 0 Å². The van der Waals surface area contributed by atoms with Crippen LogP contribution in [0.2, 0.25) is 0 Å². The van der Waals surface area contributed by atoms with Gasteiger partial charge in [-0.1, -0.05) is 0 Å². The van der Waals surface area contributed by atoms with Crippen molar-refractivity contribution in [2.45, 2.75) is 38.0 Å². The third-order valence-corrected chi connectivity index (χ3v) is 5.92. The van der Waals surface area contributed by atoms with Crippen LogP contribution in [0, 0.1) is 5.92 Å². The second-order valence-corrected chi connectivity index (χ2v) is 7.43. The topological polar surface area (TPSA) is 50.1 Å². The molecular weight excluding hydrogens is 296 g/mol. The lowest BCUT2D eigenvalue weighted by atomic mass is 9.92. The largest absolute Gasteiger partial charge is 0.298 e. The van der Waals surface area contributed by atoms with E-state index in [0.717, 1.165) is 25.0 Å². The Labute approximate surface area is 134 Å². The normalized spacial score (nSPS) is 29.8. The summed E-state index contributed by atoms with van der Waals surface area (Å²) in [6.45, 7) is 4.35. The van der Waals surface area contributed by atoms with E-state index in [4.69, 9.17) is 0 Å². The molecule has 2 aromatic heterocycles. The molecule has 0 amide bonds. The van der Waals surface area contributed by atoms with Gasteiger partial charge in [0.15, 0.2) is 0 Å². The fourth-order valence-electron chi connectivity index (χ4n) is 4.06. The third-order valence-electron chi connectivity index (χ3n) is 5.16. The lowest BCUT2D eigenvalue weighted by Gasteiger charge is -2.37. The molecule has 0 radical (unpaired) electrons. The van der Waals surface area contributed by atoms with Crippen molar-refractivity contribution in [1.29, 1.82) is 0 Å². The summed E-state index contributed by atoms with van der Waals surface area (Å²) in [6.07, 6.45) is 7.88. The Morgan fingerprint density at radius 2 is 2.36 bits per heavy atom. The van der Waals surface area contributed by atoms with Gasteiger partial charge in [-0.05, 0) is 25.8 Å². The van der Waals surface area contributed by atoms with Gasteiger partial charge in [0.05, 0.1) is 13.1 Å². The highest BCUT2D eigenvalue weighted by Crippen LogP contribution is 2.35. The van der Waals surface area contributed by atoms with Gasteiger partial charge in [-0.15, -0.1) is 11.3 Å². The standard InChI is InChI=1S/C15H22N6S/c1-19-13(8-21-11-16-10-18-21)6-12-7-20(4-2-14(12)19)9-15-17-3-5-22-15/h3,5,10-14H,2,4,6-9H2,1H3/t12?,13-,14?/m0/s1. The summed E-state index contributed by atoms with van der Waals surface area (Å²) in [7, 11) is 2.28. The molecule has 7 heteroatoms. The molecule has 0 saturated carbocycles. The van der Waals surface area contributed by atoms with Gasteiger partial charge in [0.25, 0.3) is 0 Å². The molecule has 0 spiro atoms. The predicted octanol–water partition coefficient (Wildman–Crippen LogP) is 1.33. The first kappa shape index (κ1) is 14.3. The van der Waals surface area contributed by atoms with Crippen LogP contribution in [0.1, 0.15) is 17.8 Å². The first-order chi connectivity index (χ1) is 10.8. The van der Waals surface area contributed by atoms with E-state index in [0.29, 0.717) is 6.04 Å². The van der Waals surface area contributed by atoms with Gasteiger partial charge < -0.3 is 0 Å². The minimum Gasteiger partial charge on any atom is -0.298 e. The van der Waals surface area contributed by atoms with E-state index in [1.54, 1.807) is 17.7 Å². The zero-order valence-corrected chi connectivity index (χ0v) is 13.7. The molecule has 0 aliphatic carbocycles. The molecular formula is C15H22N6S. The maximum atomic E-state index is 4.42. The summed E-state index contributed by atoms with van der Waals surface area (Å²) in [6, 6.07) is 1.30. The molecule has 0 N–H and O–H groups in total. The first-order valence-corrected chi connectivity index (χ1v) is 8.82. The van der Waals surface area contributed by atoms with Gasteiger partial charge in [-0.25, -0.2) is 9.97 Å². The second-order valence-electron chi connectivity index (χ2n) is 6.45. The van der Waals surface area contributed by atoms with Crippen molar-refractivity contribution in [3.8, 4) is 0 Å². The minimum atomic E-state index is 0.580. The highest BCUT2D eigenvalue weighted by atomic mass is 32.1. The molecule has 6 nitrogen and oxygen atoms in total. The van der Waals surface area contributed by atoms with Crippen molar-refractivity contribution in [1.82, 2.24) is 29.5 Å². The highest BCUT2D eigenvalue weighted by molar-refractivity contribution is 7.09. The number of thiazole rings is 1. The van der Waals surface area contributed by atoms with Crippen molar-refractivity contribution in [3.63, 3.8) is 0 Å². The molecule has 4 heterocycles. The molecule has 118 valence electrons. The lowest BCUT2D eigenvalue weighted by molar-refractivity contribution is 0.109. The Kier molecular flexibility index (Phi) is 3.94. The Morgan fingerprint density at radius 3 is 3.14 bits per heavy atom. The van der Waals surface area contributed by atoms with Gasteiger partial charge in [-0.2, -0.15) is 5.10 Å². The maximum absolute atomic E-state index is 4.42. The lowest BCUT2D eigenvalue weighted by Crippen LogP contribution is -2.45. The third kappa shape index (κ3) is 2.80. The summed E-state index contributed by atoms with van der Waals surface area (Å²) < 4.78 is 1.96. The van der Waals surface area contributed by atoms with E-state index >= 15 is 0 Å². The number of hydrogen-bond acceptors (Lipinski definition) is 6. The number of fused-ring (bicyclic) bond motifs is 1. The SMILES string of the molecule is CN1C2CCN(Cc3nccs3)CC2C[C@H]1Cn1cncn1. The number of rotatable bonds is 4. The van der Waals surface area contributed by atoms with Gasteiger partial charge in [-0.3, -0.25) is 14.5 Å². The molecule has 2 fully saturated rings. The zero-order chi connectivity index (χ0) is 14.9. The summed E-state index contributed by atoms with van der Waals surface area (Å²) in [5, 5.41) is 7.57. The van der Waals surface area contributed by atoms with Crippen LogP contribution in [-0.4, -0.2) is 61.8 Å². The van der Waals surface area contributed by atoms with Crippen molar-refractivity contribution >= 4 is 11.3 Å². The van der Waals surface area contributed by atoms with E-state index in [1.807, 2.05) is 17.2 Å². The first-order valence-electron chi connectivity index (χ1n) is 7.94.